The summed E-state index contributed by atoms with van der Waals surface area (Å²) in [6, 6.07) is 9.63. The molecule has 0 saturated carbocycles. The molecule has 0 aliphatic rings. The molecule has 1 aromatic carbocycles. The molecular weight excluding hydrogens is 248 g/mol. The lowest BCUT2D eigenvalue weighted by Crippen LogP contribution is -2.07. The van der Waals surface area contributed by atoms with Crippen LogP contribution in [0.2, 0.25) is 5.02 Å². The lowest BCUT2D eigenvalue weighted by atomic mass is 10.1. The zero-order valence-corrected chi connectivity index (χ0v) is 11.1. The van der Waals surface area contributed by atoms with Gasteiger partial charge in [0.15, 0.2) is 0 Å². The number of halogens is 1. The Morgan fingerprint density at radius 2 is 1.94 bits per heavy atom. The van der Waals surface area contributed by atoms with Crippen LogP contribution in [0.15, 0.2) is 42.7 Å². The molecule has 2 rings (SSSR count). The van der Waals surface area contributed by atoms with Crippen LogP contribution in [0.3, 0.4) is 0 Å². The van der Waals surface area contributed by atoms with Crippen LogP contribution in [0, 0.1) is 0 Å². The summed E-state index contributed by atoms with van der Waals surface area (Å²) in [6.07, 6.45) is 3.56. The van der Waals surface area contributed by atoms with E-state index in [4.69, 9.17) is 16.3 Å². The summed E-state index contributed by atoms with van der Waals surface area (Å²) in [5, 5.41) is 4.06. The summed E-state index contributed by atoms with van der Waals surface area (Å²) >= 11 is 6.00. The fraction of sp³-hybridized carbons (Fsp3) is 0.214. The smallest absolute Gasteiger partial charge is 0.142 e. The van der Waals surface area contributed by atoms with Gasteiger partial charge in [0.25, 0.3) is 0 Å². The van der Waals surface area contributed by atoms with E-state index in [1.54, 1.807) is 19.5 Å². The zero-order valence-electron chi connectivity index (χ0n) is 10.4. The lowest BCUT2D eigenvalue weighted by molar-refractivity contribution is 0.416. The molecule has 1 N–H and O–H groups in total. The number of ether oxygens (including phenoxy) is 1. The molecule has 18 heavy (non-hydrogen) atoms. The van der Waals surface area contributed by atoms with Crippen LogP contribution in [0.25, 0.3) is 0 Å². The summed E-state index contributed by atoms with van der Waals surface area (Å²) in [7, 11) is 1.64. The maximum absolute atomic E-state index is 6.00. The van der Waals surface area contributed by atoms with Crippen LogP contribution >= 0.6 is 11.6 Å². The van der Waals surface area contributed by atoms with Gasteiger partial charge < -0.3 is 10.1 Å². The van der Waals surface area contributed by atoms with Crippen LogP contribution in [0.4, 0.5) is 5.69 Å². The first-order valence-corrected chi connectivity index (χ1v) is 6.08. The third-order valence-corrected chi connectivity index (χ3v) is 2.97. The van der Waals surface area contributed by atoms with E-state index in [0.717, 1.165) is 17.0 Å². The summed E-state index contributed by atoms with van der Waals surface area (Å²) in [6.45, 7) is 2.08. The highest BCUT2D eigenvalue weighted by Gasteiger charge is 2.09. The van der Waals surface area contributed by atoms with Gasteiger partial charge in [-0.05, 0) is 42.8 Å². The van der Waals surface area contributed by atoms with Crippen molar-refractivity contribution in [1.29, 1.82) is 0 Å². The molecule has 0 aliphatic carbocycles. The number of nitrogens with zero attached hydrogens (tertiary/aromatic N) is 1. The summed E-state index contributed by atoms with van der Waals surface area (Å²) in [4.78, 5) is 4.01. The maximum Gasteiger partial charge on any atom is 0.142 e. The highest BCUT2D eigenvalue weighted by atomic mass is 35.5. The maximum atomic E-state index is 6.00. The first-order valence-electron chi connectivity index (χ1n) is 5.70. The predicted molar refractivity (Wildman–Crippen MR) is 74.3 cm³/mol. The predicted octanol–water partition coefficient (Wildman–Crippen LogP) is 3.92. The fourth-order valence-electron chi connectivity index (χ4n) is 1.76. The van der Waals surface area contributed by atoms with Crippen molar-refractivity contribution in [2.24, 2.45) is 0 Å². The second-order valence-electron chi connectivity index (χ2n) is 3.99. The van der Waals surface area contributed by atoms with Gasteiger partial charge in [-0.1, -0.05) is 11.6 Å². The molecule has 0 saturated heterocycles. The number of pyridine rings is 1. The van der Waals surface area contributed by atoms with Gasteiger partial charge in [0.05, 0.1) is 12.8 Å². The Morgan fingerprint density at radius 1 is 1.22 bits per heavy atom. The van der Waals surface area contributed by atoms with Crippen molar-refractivity contribution in [2.75, 3.05) is 12.4 Å². The van der Waals surface area contributed by atoms with Gasteiger partial charge in [-0.25, -0.2) is 0 Å². The minimum Gasteiger partial charge on any atom is -0.495 e. The molecule has 2 aromatic rings. The molecule has 94 valence electrons. The number of hydrogen-bond donors (Lipinski definition) is 1. The number of nitrogens with one attached hydrogen (secondary N) is 1. The Balaban J connectivity index is 2.21. The molecule has 1 aromatic heterocycles. The second kappa shape index (κ2) is 5.74. The average molecular weight is 263 g/mol. The van der Waals surface area contributed by atoms with Gasteiger partial charge in [-0.2, -0.15) is 0 Å². The third-order valence-electron chi connectivity index (χ3n) is 2.74. The van der Waals surface area contributed by atoms with Crippen LogP contribution in [-0.4, -0.2) is 12.1 Å². The van der Waals surface area contributed by atoms with Crippen molar-refractivity contribution in [3.05, 3.63) is 53.3 Å². The average Bonchev–Trinajstić information content (AvgIpc) is 2.40. The Bertz CT molecular complexity index is 516. The van der Waals surface area contributed by atoms with E-state index in [1.165, 1.54) is 0 Å². The van der Waals surface area contributed by atoms with Crippen LogP contribution < -0.4 is 10.1 Å². The summed E-state index contributed by atoms with van der Waals surface area (Å²) in [5.41, 5.74) is 2.04. The molecule has 3 nitrogen and oxygen atoms in total. The number of aromatic nitrogens is 1. The first-order chi connectivity index (χ1) is 8.70. The van der Waals surface area contributed by atoms with Crippen molar-refractivity contribution in [2.45, 2.75) is 13.0 Å². The van der Waals surface area contributed by atoms with E-state index < -0.39 is 0 Å². The molecule has 0 aliphatic heterocycles. The minimum atomic E-state index is 0.153. The summed E-state index contributed by atoms with van der Waals surface area (Å²) in [5.74, 6) is 0.778. The van der Waals surface area contributed by atoms with Gasteiger partial charge in [-0.15, -0.1) is 0 Å². The fourth-order valence-corrected chi connectivity index (χ4v) is 1.93. The van der Waals surface area contributed by atoms with Crippen molar-refractivity contribution in [3.63, 3.8) is 0 Å². The second-order valence-corrected chi connectivity index (χ2v) is 4.43. The van der Waals surface area contributed by atoms with Crippen molar-refractivity contribution in [3.8, 4) is 5.75 Å². The van der Waals surface area contributed by atoms with Crippen LogP contribution in [-0.2, 0) is 0 Å². The summed E-state index contributed by atoms with van der Waals surface area (Å²) < 4.78 is 5.30. The van der Waals surface area contributed by atoms with Crippen molar-refractivity contribution >= 4 is 17.3 Å². The van der Waals surface area contributed by atoms with E-state index >= 15 is 0 Å². The van der Waals surface area contributed by atoms with E-state index in [0.29, 0.717) is 5.02 Å². The Labute approximate surface area is 112 Å². The number of anilines is 1. The van der Waals surface area contributed by atoms with Gasteiger partial charge in [0, 0.05) is 23.5 Å². The monoisotopic (exact) mass is 262 g/mol. The molecule has 0 amide bonds. The van der Waals surface area contributed by atoms with Gasteiger partial charge in [0.1, 0.15) is 5.75 Å². The van der Waals surface area contributed by atoms with Gasteiger partial charge in [0.2, 0.25) is 0 Å². The van der Waals surface area contributed by atoms with E-state index in [1.807, 2.05) is 30.3 Å². The van der Waals surface area contributed by atoms with Crippen LogP contribution in [0.5, 0.6) is 5.75 Å². The van der Waals surface area contributed by atoms with E-state index in [2.05, 4.69) is 17.2 Å². The van der Waals surface area contributed by atoms with Crippen molar-refractivity contribution < 1.29 is 4.74 Å². The quantitative estimate of drug-likeness (QED) is 0.907. The minimum absolute atomic E-state index is 0.153. The molecule has 0 spiro atoms. The van der Waals surface area contributed by atoms with E-state index in [-0.39, 0.29) is 6.04 Å². The van der Waals surface area contributed by atoms with E-state index in [9.17, 15) is 0 Å². The Morgan fingerprint density at radius 3 is 2.61 bits per heavy atom. The topological polar surface area (TPSA) is 34.1 Å². The SMILES string of the molecule is COc1ccc(Cl)cc1NC(C)c1ccncc1. The largest absolute Gasteiger partial charge is 0.495 e. The highest BCUT2D eigenvalue weighted by Crippen LogP contribution is 2.30. The van der Waals surface area contributed by atoms with Gasteiger partial charge in [-0.3, -0.25) is 4.98 Å². The standard InChI is InChI=1S/C14H15ClN2O/c1-10(11-5-7-16-8-6-11)17-13-9-12(15)3-4-14(13)18-2/h3-10,17H,1-2H3. The molecule has 4 heteroatoms. The number of methoxy groups -OCH3 is 1. The molecule has 1 unspecified atom stereocenters. The number of rotatable bonds is 4. The van der Waals surface area contributed by atoms with Crippen molar-refractivity contribution in [1.82, 2.24) is 4.98 Å². The number of hydrogen-bond acceptors (Lipinski definition) is 3. The highest BCUT2D eigenvalue weighted by molar-refractivity contribution is 6.30. The molecule has 0 fully saturated rings. The zero-order chi connectivity index (χ0) is 13.0. The Kier molecular flexibility index (Phi) is 4.05. The molecule has 1 atom stereocenters. The number of benzene rings is 1. The molecular formula is C14H15ClN2O. The molecule has 0 radical (unpaired) electrons. The molecule has 1 heterocycles. The van der Waals surface area contributed by atoms with Crippen LogP contribution in [0.1, 0.15) is 18.5 Å². The lowest BCUT2D eigenvalue weighted by Gasteiger charge is -2.18. The molecule has 0 bridgehead atoms. The Hall–Kier alpha value is -1.74. The van der Waals surface area contributed by atoms with Gasteiger partial charge >= 0.3 is 0 Å². The third kappa shape index (κ3) is 2.93. The first kappa shape index (κ1) is 12.7. The normalized spacial score (nSPS) is 11.9.